The summed E-state index contributed by atoms with van der Waals surface area (Å²) in [5.41, 5.74) is 2.76. The van der Waals surface area contributed by atoms with E-state index in [9.17, 15) is 9.59 Å². The van der Waals surface area contributed by atoms with Crippen molar-refractivity contribution in [3.63, 3.8) is 0 Å². The summed E-state index contributed by atoms with van der Waals surface area (Å²) in [7, 11) is 3.91. The van der Waals surface area contributed by atoms with Gasteiger partial charge in [-0.3, -0.25) is 9.59 Å². The summed E-state index contributed by atoms with van der Waals surface area (Å²) in [4.78, 5) is 36.4. The van der Waals surface area contributed by atoms with Crippen molar-refractivity contribution in [1.29, 1.82) is 0 Å². The average Bonchev–Trinajstić information content (AvgIpc) is 3.37. The van der Waals surface area contributed by atoms with Gasteiger partial charge in [-0.25, -0.2) is 4.98 Å². The molecule has 3 aromatic rings. The quantitative estimate of drug-likeness (QED) is 0.609. The Balaban J connectivity index is 1.26. The molecule has 0 radical (unpaired) electrons. The molecule has 0 aliphatic carbocycles. The number of hydrogen-bond donors (Lipinski definition) is 1. The number of carbonyl (C=O) groups is 2. The SMILES string of the molecule is CN(C)c1cccc(C(=O)N2CCN(c3ncccc3NC(=O)c3ccc4c(c3)OCO4)CC2)c1. The zero-order valence-electron chi connectivity index (χ0n) is 19.7. The summed E-state index contributed by atoms with van der Waals surface area (Å²) in [6.45, 7) is 2.52. The number of hydrogen-bond acceptors (Lipinski definition) is 7. The molecule has 0 bridgehead atoms. The zero-order chi connectivity index (χ0) is 24.4. The van der Waals surface area contributed by atoms with Crippen LogP contribution in [0, 0.1) is 0 Å². The first-order chi connectivity index (χ1) is 17.0. The third-order valence-corrected chi connectivity index (χ3v) is 6.15. The summed E-state index contributed by atoms with van der Waals surface area (Å²) in [5, 5.41) is 2.97. The first kappa shape index (κ1) is 22.5. The van der Waals surface area contributed by atoms with Crippen molar-refractivity contribution in [1.82, 2.24) is 9.88 Å². The number of nitrogens with zero attached hydrogens (tertiary/aromatic N) is 4. The Labute approximate surface area is 203 Å². The number of benzene rings is 2. The number of fused-ring (bicyclic) bond motifs is 1. The van der Waals surface area contributed by atoms with E-state index in [0.717, 1.165) is 5.69 Å². The van der Waals surface area contributed by atoms with E-state index in [2.05, 4.69) is 15.2 Å². The highest BCUT2D eigenvalue weighted by Gasteiger charge is 2.25. The van der Waals surface area contributed by atoms with E-state index in [-0.39, 0.29) is 18.6 Å². The van der Waals surface area contributed by atoms with Crippen LogP contribution < -0.4 is 24.6 Å². The largest absolute Gasteiger partial charge is 0.454 e. The van der Waals surface area contributed by atoms with E-state index < -0.39 is 0 Å². The molecule has 0 spiro atoms. The molecule has 2 aromatic carbocycles. The van der Waals surface area contributed by atoms with Gasteiger partial charge in [-0.15, -0.1) is 0 Å². The van der Waals surface area contributed by atoms with E-state index in [0.29, 0.717) is 60.3 Å². The molecule has 0 unspecified atom stereocenters. The number of carbonyl (C=O) groups excluding carboxylic acids is 2. The number of piperazine rings is 1. The number of anilines is 3. The maximum absolute atomic E-state index is 13.1. The van der Waals surface area contributed by atoms with Crippen LogP contribution in [0.1, 0.15) is 20.7 Å². The van der Waals surface area contributed by atoms with Crippen molar-refractivity contribution in [3.05, 3.63) is 71.9 Å². The van der Waals surface area contributed by atoms with Gasteiger partial charge in [0.2, 0.25) is 6.79 Å². The molecule has 2 aliphatic heterocycles. The molecule has 1 aromatic heterocycles. The standard InChI is InChI=1S/C26H27N5O4/c1-29(2)20-6-3-5-19(15-20)26(33)31-13-11-30(12-14-31)24-21(7-4-10-27-24)28-25(32)18-8-9-22-23(16-18)35-17-34-22/h3-10,15-16H,11-14,17H2,1-2H3,(H,28,32). The first-order valence-electron chi connectivity index (χ1n) is 11.5. The molecule has 1 saturated heterocycles. The lowest BCUT2D eigenvalue weighted by Crippen LogP contribution is -2.49. The number of nitrogens with one attached hydrogen (secondary N) is 1. The summed E-state index contributed by atoms with van der Waals surface area (Å²) in [5.74, 6) is 1.63. The van der Waals surface area contributed by atoms with E-state index in [1.807, 2.05) is 54.2 Å². The molecule has 2 amide bonds. The second kappa shape index (κ2) is 9.54. The van der Waals surface area contributed by atoms with Crippen LogP contribution in [0.5, 0.6) is 11.5 Å². The van der Waals surface area contributed by atoms with Gasteiger partial charge in [0.1, 0.15) is 0 Å². The summed E-state index contributed by atoms with van der Waals surface area (Å²) < 4.78 is 10.7. The highest BCUT2D eigenvalue weighted by atomic mass is 16.7. The van der Waals surface area contributed by atoms with Gasteiger partial charge in [0.05, 0.1) is 5.69 Å². The topological polar surface area (TPSA) is 87.2 Å². The molecule has 5 rings (SSSR count). The van der Waals surface area contributed by atoms with Crippen molar-refractivity contribution >= 4 is 29.0 Å². The van der Waals surface area contributed by atoms with Gasteiger partial charge in [-0.1, -0.05) is 6.07 Å². The van der Waals surface area contributed by atoms with E-state index in [1.165, 1.54) is 0 Å². The van der Waals surface area contributed by atoms with Crippen LogP contribution in [-0.4, -0.2) is 68.8 Å². The molecule has 2 aliphatic rings. The molecule has 1 N–H and O–H groups in total. The maximum Gasteiger partial charge on any atom is 0.255 e. The van der Waals surface area contributed by atoms with Crippen LogP contribution in [0.25, 0.3) is 0 Å². The summed E-state index contributed by atoms with van der Waals surface area (Å²) >= 11 is 0. The smallest absolute Gasteiger partial charge is 0.255 e. The van der Waals surface area contributed by atoms with Crippen LogP contribution in [0.4, 0.5) is 17.2 Å². The number of rotatable bonds is 5. The van der Waals surface area contributed by atoms with Crippen LogP contribution in [-0.2, 0) is 0 Å². The van der Waals surface area contributed by atoms with Crippen molar-refractivity contribution in [3.8, 4) is 11.5 Å². The second-order valence-electron chi connectivity index (χ2n) is 8.62. The normalized spacial score (nSPS) is 14.6. The van der Waals surface area contributed by atoms with Crippen LogP contribution in [0.2, 0.25) is 0 Å². The summed E-state index contributed by atoms with van der Waals surface area (Å²) in [6.07, 6.45) is 1.70. The minimum Gasteiger partial charge on any atom is -0.454 e. The van der Waals surface area contributed by atoms with Gasteiger partial charge in [-0.05, 0) is 48.5 Å². The lowest BCUT2D eigenvalue weighted by atomic mass is 10.1. The fourth-order valence-corrected chi connectivity index (χ4v) is 4.20. The zero-order valence-corrected chi connectivity index (χ0v) is 19.7. The minimum absolute atomic E-state index is 0.0192. The molecule has 9 nitrogen and oxygen atoms in total. The lowest BCUT2D eigenvalue weighted by Gasteiger charge is -2.36. The third-order valence-electron chi connectivity index (χ3n) is 6.15. The average molecular weight is 474 g/mol. The number of aromatic nitrogens is 1. The fraction of sp³-hybridized carbons (Fsp3) is 0.269. The molecule has 9 heteroatoms. The number of pyridine rings is 1. The van der Waals surface area contributed by atoms with Gasteiger partial charge in [-0.2, -0.15) is 0 Å². The fourth-order valence-electron chi connectivity index (χ4n) is 4.20. The molecule has 3 heterocycles. The lowest BCUT2D eigenvalue weighted by molar-refractivity contribution is 0.0746. The molecule has 1 fully saturated rings. The molecular weight excluding hydrogens is 446 g/mol. The Morgan fingerprint density at radius 2 is 1.71 bits per heavy atom. The van der Waals surface area contributed by atoms with Crippen LogP contribution in [0.3, 0.4) is 0 Å². The Morgan fingerprint density at radius 3 is 2.51 bits per heavy atom. The van der Waals surface area contributed by atoms with E-state index in [4.69, 9.17) is 9.47 Å². The molecule has 0 saturated carbocycles. The number of amides is 2. The monoisotopic (exact) mass is 473 g/mol. The highest BCUT2D eigenvalue weighted by Crippen LogP contribution is 2.33. The van der Waals surface area contributed by atoms with Crippen molar-refractivity contribution < 1.29 is 19.1 Å². The van der Waals surface area contributed by atoms with Gasteiger partial charge in [0.25, 0.3) is 11.8 Å². The van der Waals surface area contributed by atoms with Gasteiger partial charge in [0, 0.05) is 63.3 Å². The predicted octanol–water partition coefficient (Wildman–Crippen LogP) is 3.09. The minimum atomic E-state index is -0.257. The van der Waals surface area contributed by atoms with Crippen molar-refractivity contribution in [2.24, 2.45) is 0 Å². The molecule has 180 valence electrons. The van der Waals surface area contributed by atoms with Gasteiger partial charge < -0.3 is 29.5 Å². The number of ether oxygens (including phenoxy) is 2. The van der Waals surface area contributed by atoms with Gasteiger partial charge >= 0.3 is 0 Å². The van der Waals surface area contributed by atoms with Crippen molar-refractivity contribution in [2.45, 2.75) is 0 Å². The van der Waals surface area contributed by atoms with Crippen LogP contribution in [0.15, 0.2) is 60.8 Å². The molecule has 0 atom stereocenters. The van der Waals surface area contributed by atoms with Crippen LogP contribution >= 0.6 is 0 Å². The second-order valence-corrected chi connectivity index (χ2v) is 8.62. The third kappa shape index (κ3) is 4.70. The van der Waals surface area contributed by atoms with E-state index in [1.54, 1.807) is 30.5 Å². The molecule has 35 heavy (non-hydrogen) atoms. The maximum atomic E-state index is 13.1. The van der Waals surface area contributed by atoms with Crippen molar-refractivity contribution in [2.75, 3.05) is 62.2 Å². The van der Waals surface area contributed by atoms with E-state index >= 15 is 0 Å². The molecular formula is C26H27N5O4. The predicted molar refractivity (Wildman–Crippen MR) is 134 cm³/mol. The Bertz CT molecular complexity index is 1250. The van der Waals surface area contributed by atoms with Gasteiger partial charge in [0.15, 0.2) is 17.3 Å². The summed E-state index contributed by atoms with van der Waals surface area (Å²) in [6, 6.07) is 16.4. The Hall–Kier alpha value is -4.27. The Kier molecular flexibility index (Phi) is 6.13. The Morgan fingerprint density at radius 1 is 0.914 bits per heavy atom. The highest BCUT2D eigenvalue weighted by molar-refractivity contribution is 6.06. The first-order valence-corrected chi connectivity index (χ1v) is 11.5.